The molecule has 2 N–H and O–H groups in total. The number of carbonyl (C=O) groups excluding carboxylic acids is 1. The van der Waals surface area contributed by atoms with E-state index in [1.165, 1.54) is 12.8 Å². The number of nitrogens with zero attached hydrogens (tertiary/aromatic N) is 1. The van der Waals surface area contributed by atoms with Crippen LogP contribution in [0.1, 0.15) is 30.0 Å². The van der Waals surface area contributed by atoms with Crippen LogP contribution in [0.5, 0.6) is 5.75 Å². The summed E-state index contributed by atoms with van der Waals surface area (Å²) in [5.74, 6) is 0.854. The number of hydrogen-bond acceptors (Lipinski definition) is 4. The van der Waals surface area contributed by atoms with Crippen LogP contribution in [0.4, 0.5) is 10.5 Å². The van der Waals surface area contributed by atoms with Crippen LogP contribution in [0, 0.1) is 0 Å². The summed E-state index contributed by atoms with van der Waals surface area (Å²) >= 11 is 0. The second kappa shape index (κ2) is 10.1. The minimum absolute atomic E-state index is 0.0821. The molecule has 0 spiro atoms. The van der Waals surface area contributed by atoms with Crippen molar-refractivity contribution >= 4 is 11.7 Å². The van der Waals surface area contributed by atoms with Crippen LogP contribution < -0.4 is 15.4 Å². The van der Waals surface area contributed by atoms with Gasteiger partial charge in [-0.3, -0.25) is 4.90 Å². The third-order valence-corrected chi connectivity index (χ3v) is 5.10. The Kier molecular flexibility index (Phi) is 7.28. The first-order chi connectivity index (χ1) is 13.7. The lowest BCUT2D eigenvalue weighted by atomic mass is 10.0. The smallest absolute Gasteiger partial charge is 0.319 e. The van der Waals surface area contributed by atoms with Gasteiger partial charge < -0.3 is 20.1 Å². The first-order valence-corrected chi connectivity index (χ1v) is 9.71. The van der Waals surface area contributed by atoms with E-state index < -0.39 is 0 Å². The Hall–Kier alpha value is -2.57. The van der Waals surface area contributed by atoms with Gasteiger partial charge in [0.05, 0.1) is 19.8 Å². The van der Waals surface area contributed by atoms with Gasteiger partial charge in [0.25, 0.3) is 0 Å². The number of para-hydroxylation sites is 2. The summed E-state index contributed by atoms with van der Waals surface area (Å²) in [6.45, 7) is 3.03. The van der Waals surface area contributed by atoms with Crippen molar-refractivity contribution in [1.29, 1.82) is 0 Å². The second-order valence-electron chi connectivity index (χ2n) is 6.93. The predicted molar refractivity (Wildman–Crippen MR) is 111 cm³/mol. The Balaban J connectivity index is 1.69. The first kappa shape index (κ1) is 20.2. The molecule has 0 aliphatic carbocycles. The van der Waals surface area contributed by atoms with E-state index in [9.17, 15) is 4.79 Å². The Morgan fingerprint density at radius 3 is 2.54 bits per heavy atom. The maximum Gasteiger partial charge on any atom is 0.319 e. The molecule has 150 valence electrons. The molecule has 3 rings (SSSR count). The largest absolute Gasteiger partial charge is 0.496 e. The van der Waals surface area contributed by atoms with Crippen molar-refractivity contribution < 1.29 is 14.3 Å². The van der Waals surface area contributed by atoms with Crippen LogP contribution in [0.15, 0.2) is 48.5 Å². The van der Waals surface area contributed by atoms with Gasteiger partial charge in [-0.1, -0.05) is 36.4 Å². The van der Waals surface area contributed by atoms with E-state index in [0.29, 0.717) is 13.2 Å². The van der Waals surface area contributed by atoms with Crippen LogP contribution in [0.25, 0.3) is 0 Å². The van der Waals surface area contributed by atoms with E-state index in [1.54, 1.807) is 14.2 Å². The highest BCUT2D eigenvalue weighted by Crippen LogP contribution is 2.31. The van der Waals surface area contributed by atoms with Crippen molar-refractivity contribution in [3.05, 3.63) is 59.7 Å². The van der Waals surface area contributed by atoms with Gasteiger partial charge in [-0.05, 0) is 38.1 Å². The number of amides is 2. The molecule has 6 nitrogen and oxygen atoms in total. The minimum atomic E-state index is -0.220. The number of benzene rings is 2. The number of likely N-dealkylation sites (tertiary alicyclic amines) is 1. The average molecular weight is 383 g/mol. The zero-order valence-corrected chi connectivity index (χ0v) is 16.6. The number of urea groups is 1. The molecule has 6 heteroatoms. The van der Waals surface area contributed by atoms with Crippen LogP contribution in [0.3, 0.4) is 0 Å². The van der Waals surface area contributed by atoms with Crippen LogP contribution in [-0.2, 0) is 11.3 Å². The van der Waals surface area contributed by atoms with Crippen LogP contribution in [0.2, 0.25) is 0 Å². The van der Waals surface area contributed by atoms with Gasteiger partial charge in [0.2, 0.25) is 0 Å². The van der Waals surface area contributed by atoms with Crippen molar-refractivity contribution in [2.24, 2.45) is 0 Å². The van der Waals surface area contributed by atoms with Crippen LogP contribution in [-0.4, -0.2) is 44.8 Å². The lowest BCUT2D eigenvalue weighted by Crippen LogP contribution is -2.38. The molecule has 2 aromatic rings. The molecule has 1 fully saturated rings. The molecule has 1 unspecified atom stereocenters. The van der Waals surface area contributed by atoms with Gasteiger partial charge in [-0.25, -0.2) is 4.79 Å². The molecular weight excluding hydrogens is 354 g/mol. The van der Waals surface area contributed by atoms with Crippen LogP contribution >= 0.6 is 0 Å². The fourth-order valence-electron chi connectivity index (χ4n) is 3.71. The molecule has 0 bridgehead atoms. The quantitative estimate of drug-likeness (QED) is 0.728. The first-order valence-electron chi connectivity index (χ1n) is 9.71. The van der Waals surface area contributed by atoms with E-state index in [4.69, 9.17) is 9.47 Å². The highest BCUT2D eigenvalue weighted by molar-refractivity contribution is 5.90. The fraction of sp³-hybridized carbons (Fsp3) is 0.409. The van der Waals surface area contributed by atoms with Crippen molar-refractivity contribution in [2.45, 2.75) is 25.5 Å². The van der Waals surface area contributed by atoms with E-state index >= 15 is 0 Å². The molecule has 1 heterocycles. The Bertz CT molecular complexity index is 775. The highest BCUT2D eigenvalue weighted by atomic mass is 16.5. The lowest BCUT2D eigenvalue weighted by molar-refractivity contribution is 0.185. The molecule has 1 aliphatic heterocycles. The van der Waals surface area contributed by atoms with Gasteiger partial charge in [-0.15, -0.1) is 0 Å². The predicted octanol–water partition coefficient (Wildman–Crippen LogP) is 3.80. The number of ether oxygens (including phenoxy) is 2. The molecule has 28 heavy (non-hydrogen) atoms. The third-order valence-electron chi connectivity index (χ3n) is 5.10. The third kappa shape index (κ3) is 5.03. The van der Waals surface area contributed by atoms with Gasteiger partial charge in [0.1, 0.15) is 5.75 Å². The number of nitrogens with one attached hydrogen (secondary N) is 2. The van der Waals surface area contributed by atoms with Gasteiger partial charge >= 0.3 is 6.03 Å². The molecule has 0 aromatic heterocycles. The summed E-state index contributed by atoms with van der Waals surface area (Å²) in [4.78, 5) is 15.0. The van der Waals surface area contributed by atoms with E-state index in [-0.39, 0.29) is 12.1 Å². The van der Waals surface area contributed by atoms with Crippen molar-refractivity contribution in [2.75, 3.05) is 39.2 Å². The Morgan fingerprint density at radius 1 is 1.07 bits per heavy atom. The molecule has 1 aliphatic rings. The van der Waals surface area contributed by atoms with E-state index in [0.717, 1.165) is 35.7 Å². The molecule has 1 atom stereocenters. The lowest BCUT2D eigenvalue weighted by Gasteiger charge is -2.29. The number of hydrogen-bond donors (Lipinski definition) is 2. The maximum atomic E-state index is 12.6. The maximum absolute atomic E-state index is 12.6. The summed E-state index contributed by atoms with van der Waals surface area (Å²) in [5, 5.41) is 5.98. The molecule has 2 aromatic carbocycles. The molecular formula is C22H29N3O3. The number of anilines is 1. The van der Waals surface area contributed by atoms with E-state index in [2.05, 4.69) is 21.6 Å². The van der Waals surface area contributed by atoms with Crippen molar-refractivity contribution in [3.8, 4) is 5.75 Å². The standard InChI is InChI=1S/C22H29N3O3/c1-27-16-17-9-3-5-11-19(17)24-22(26)23-15-20(25-13-7-8-14-25)18-10-4-6-12-21(18)28-2/h3-6,9-12,20H,7-8,13-16H2,1-2H3,(H2,23,24,26). The monoisotopic (exact) mass is 383 g/mol. The highest BCUT2D eigenvalue weighted by Gasteiger charge is 2.26. The topological polar surface area (TPSA) is 62.8 Å². The molecule has 0 saturated carbocycles. The zero-order valence-electron chi connectivity index (χ0n) is 16.6. The second-order valence-corrected chi connectivity index (χ2v) is 6.93. The average Bonchev–Trinajstić information content (AvgIpc) is 3.25. The number of rotatable bonds is 8. The number of methoxy groups -OCH3 is 2. The van der Waals surface area contributed by atoms with Gasteiger partial charge in [0, 0.05) is 30.5 Å². The van der Waals surface area contributed by atoms with Crippen molar-refractivity contribution in [1.82, 2.24) is 10.2 Å². The SMILES string of the molecule is COCc1ccccc1NC(=O)NCC(c1ccccc1OC)N1CCCC1. The zero-order chi connectivity index (χ0) is 19.8. The fourth-order valence-corrected chi connectivity index (χ4v) is 3.71. The summed E-state index contributed by atoms with van der Waals surface area (Å²) < 4.78 is 10.8. The summed E-state index contributed by atoms with van der Waals surface area (Å²) in [6, 6.07) is 15.6. The number of carbonyl (C=O) groups is 1. The molecule has 2 amide bonds. The molecule has 1 saturated heterocycles. The minimum Gasteiger partial charge on any atom is -0.496 e. The Labute approximate surface area is 166 Å². The molecule has 0 radical (unpaired) electrons. The summed E-state index contributed by atoms with van der Waals surface area (Å²) in [6.07, 6.45) is 2.37. The summed E-state index contributed by atoms with van der Waals surface area (Å²) in [7, 11) is 3.33. The van der Waals surface area contributed by atoms with E-state index in [1.807, 2.05) is 42.5 Å². The van der Waals surface area contributed by atoms with Gasteiger partial charge in [0.15, 0.2) is 0 Å². The van der Waals surface area contributed by atoms with Gasteiger partial charge in [-0.2, -0.15) is 0 Å². The van der Waals surface area contributed by atoms with Crippen molar-refractivity contribution in [3.63, 3.8) is 0 Å². The summed E-state index contributed by atoms with van der Waals surface area (Å²) in [5.41, 5.74) is 2.81. The Morgan fingerprint density at radius 2 is 1.79 bits per heavy atom. The normalized spacial score (nSPS) is 15.2.